The monoisotopic (exact) mass is 228 g/mol. The number of hydrogen-bond donors (Lipinski definition) is 1. The fraction of sp³-hybridized carbons (Fsp3) is 0.200. The molecule has 1 rings (SSSR count). The molecule has 4 nitrogen and oxygen atoms in total. The van der Waals surface area contributed by atoms with Crippen LogP contribution in [-0.4, -0.2) is 19.6 Å². The summed E-state index contributed by atoms with van der Waals surface area (Å²) in [5, 5.41) is 0. The van der Waals surface area contributed by atoms with Crippen molar-refractivity contribution in [1.82, 2.24) is 0 Å². The van der Waals surface area contributed by atoms with Gasteiger partial charge in [0.25, 0.3) is 10.1 Å². The molecule has 1 N–H and O–H groups in total. The minimum Gasteiger partial charge on any atom is -0.490 e. The van der Waals surface area contributed by atoms with E-state index in [0.29, 0.717) is 17.9 Å². The Morgan fingerprint density at radius 1 is 1.33 bits per heavy atom. The van der Waals surface area contributed by atoms with Crippen molar-refractivity contribution >= 4 is 10.1 Å². The van der Waals surface area contributed by atoms with E-state index in [-0.39, 0.29) is 5.75 Å². The van der Waals surface area contributed by atoms with Crippen molar-refractivity contribution in [3.8, 4) is 5.75 Å². The van der Waals surface area contributed by atoms with Crippen LogP contribution in [0.25, 0.3) is 0 Å². The van der Waals surface area contributed by atoms with Crippen molar-refractivity contribution < 1.29 is 17.7 Å². The topological polar surface area (TPSA) is 63.6 Å². The van der Waals surface area contributed by atoms with Gasteiger partial charge < -0.3 is 4.74 Å². The molecule has 0 spiro atoms. The van der Waals surface area contributed by atoms with E-state index in [0.717, 1.165) is 0 Å². The van der Waals surface area contributed by atoms with Crippen molar-refractivity contribution in [3.05, 3.63) is 42.5 Å². The third kappa shape index (κ3) is 4.62. The van der Waals surface area contributed by atoms with Gasteiger partial charge in [-0.05, 0) is 17.7 Å². The maximum Gasteiger partial charge on any atom is 0.269 e. The first-order valence-corrected chi connectivity index (χ1v) is 5.90. The normalized spacial score (nSPS) is 11.0. The molecule has 1 aromatic carbocycles. The van der Waals surface area contributed by atoms with Gasteiger partial charge in [0.05, 0.1) is 0 Å². The molecule has 0 radical (unpaired) electrons. The van der Waals surface area contributed by atoms with Crippen LogP contribution in [0.2, 0.25) is 0 Å². The Hall–Kier alpha value is -1.33. The van der Waals surface area contributed by atoms with Gasteiger partial charge in [-0.3, -0.25) is 4.55 Å². The molecule has 82 valence electrons. The first-order chi connectivity index (χ1) is 7.01. The van der Waals surface area contributed by atoms with E-state index in [1.165, 1.54) is 0 Å². The summed E-state index contributed by atoms with van der Waals surface area (Å²) in [6.45, 7) is 3.90. The minimum absolute atomic E-state index is 0.380. The largest absolute Gasteiger partial charge is 0.490 e. The molecule has 0 aliphatic rings. The van der Waals surface area contributed by atoms with Gasteiger partial charge in [-0.2, -0.15) is 8.42 Å². The standard InChI is InChI=1S/C10H12O4S/c1-2-7-14-10-5-3-9(4-6-10)8-15(11,12)13/h2-6H,1,7-8H2,(H,11,12,13). The molecule has 0 fully saturated rings. The minimum atomic E-state index is -3.96. The molecule has 0 heterocycles. The van der Waals surface area contributed by atoms with Crippen LogP contribution in [-0.2, 0) is 15.9 Å². The van der Waals surface area contributed by atoms with E-state index < -0.39 is 10.1 Å². The predicted molar refractivity (Wildman–Crippen MR) is 57.4 cm³/mol. The Bertz CT molecular complexity index is 419. The van der Waals surface area contributed by atoms with Gasteiger partial charge in [0.15, 0.2) is 0 Å². The highest BCUT2D eigenvalue weighted by molar-refractivity contribution is 7.85. The van der Waals surface area contributed by atoms with Gasteiger partial charge >= 0.3 is 0 Å². The van der Waals surface area contributed by atoms with E-state index in [1.807, 2.05) is 0 Å². The summed E-state index contributed by atoms with van der Waals surface area (Å²) < 4.78 is 35.0. The van der Waals surface area contributed by atoms with E-state index in [1.54, 1.807) is 30.3 Å². The van der Waals surface area contributed by atoms with Crippen molar-refractivity contribution in [2.75, 3.05) is 6.61 Å². The quantitative estimate of drug-likeness (QED) is 0.614. The van der Waals surface area contributed by atoms with Crippen molar-refractivity contribution in [1.29, 1.82) is 0 Å². The van der Waals surface area contributed by atoms with Gasteiger partial charge in [-0.1, -0.05) is 24.8 Å². The Morgan fingerprint density at radius 3 is 2.40 bits per heavy atom. The van der Waals surface area contributed by atoms with Crippen LogP contribution in [0.4, 0.5) is 0 Å². The molecule has 0 aromatic heterocycles. The molecular weight excluding hydrogens is 216 g/mol. The number of hydrogen-bond acceptors (Lipinski definition) is 3. The maximum atomic E-state index is 10.6. The second-order valence-corrected chi connectivity index (χ2v) is 4.42. The van der Waals surface area contributed by atoms with Crippen LogP contribution in [0.1, 0.15) is 5.56 Å². The molecule has 0 aliphatic heterocycles. The molecule has 0 atom stereocenters. The lowest BCUT2D eigenvalue weighted by molar-refractivity contribution is 0.363. The van der Waals surface area contributed by atoms with Crippen LogP contribution in [0.3, 0.4) is 0 Å². The summed E-state index contributed by atoms with van der Waals surface area (Å²) in [6.07, 6.45) is 1.62. The number of rotatable bonds is 5. The number of benzene rings is 1. The molecule has 0 aliphatic carbocycles. The molecule has 0 saturated carbocycles. The Kier molecular flexibility index (Phi) is 3.88. The smallest absolute Gasteiger partial charge is 0.269 e. The van der Waals surface area contributed by atoms with Crippen molar-refractivity contribution in [2.45, 2.75) is 5.75 Å². The lowest BCUT2D eigenvalue weighted by atomic mass is 10.2. The first kappa shape index (κ1) is 11.7. The van der Waals surface area contributed by atoms with Crippen LogP contribution in [0.15, 0.2) is 36.9 Å². The van der Waals surface area contributed by atoms with Crippen LogP contribution in [0.5, 0.6) is 5.75 Å². The Balaban J connectivity index is 2.68. The van der Waals surface area contributed by atoms with Gasteiger partial charge in [0, 0.05) is 0 Å². The number of ether oxygens (including phenoxy) is 1. The molecule has 0 amide bonds. The third-order valence-electron chi connectivity index (χ3n) is 1.64. The average Bonchev–Trinajstić information content (AvgIpc) is 2.14. The van der Waals surface area contributed by atoms with Gasteiger partial charge in [0.2, 0.25) is 0 Å². The molecule has 5 heteroatoms. The van der Waals surface area contributed by atoms with Crippen molar-refractivity contribution in [3.63, 3.8) is 0 Å². The third-order valence-corrected chi connectivity index (χ3v) is 2.34. The zero-order valence-corrected chi connectivity index (χ0v) is 8.90. The second-order valence-electron chi connectivity index (χ2n) is 2.97. The van der Waals surface area contributed by atoms with E-state index in [9.17, 15) is 8.42 Å². The van der Waals surface area contributed by atoms with Gasteiger partial charge in [0.1, 0.15) is 18.1 Å². The SMILES string of the molecule is C=CCOc1ccc(CS(=O)(=O)O)cc1. The van der Waals surface area contributed by atoms with Crippen LogP contribution in [0, 0.1) is 0 Å². The average molecular weight is 228 g/mol. The molecule has 0 saturated heterocycles. The summed E-state index contributed by atoms with van der Waals surface area (Å²) in [6, 6.07) is 6.46. The lowest BCUT2D eigenvalue weighted by Gasteiger charge is -2.03. The highest BCUT2D eigenvalue weighted by Gasteiger charge is 2.05. The summed E-state index contributed by atoms with van der Waals surface area (Å²) in [5.41, 5.74) is 0.517. The highest BCUT2D eigenvalue weighted by Crippen LogP contribution is 2.13. The van der Waals surface area contributed by atoms with E-state index in [2.05, 4.69) is 6.58 Å². The Labute approximate surface area is 88.9 Å². The summed E-state index contributed by atoms with van der Waals surface area (Å²) in [5.74, 6) is 0.253. The zero-order chi connectivity index (χ0) is 11.3. The molecule has 15 heavy (non-hydrogen) atoms. The van der Waals surface area contributed by atoms with E-state index >= 15 is 0 Å². The zero-order valence-electron chi connectivity index (χ0n) is 8.09. The van der Waals surface area contributed by atoms with Crippen LogP contribution >= 0.6 is 0 Å². The fourth-order valence-electron chi connectivity index (χ4n) is 1.05. The molecule has 0 unspecified atom stereocenters. The second kappa shape index (κ2) is 4.95. The molecular formula is C10H12O4S. The van der Waals surface area contributed by atoms with E-state index in [4.69, 9.17) is 9.29 Å². The molecule has 1 aromatic rings. The Morgan fingerprint density at radius 2 is 1.93 bits per heavy atom. The highest BCUT2D eigenvalue weighted by atomic mass is 32.2. The predicted octanol–water partition coefficient (Wildman–Crippen LogP) is 1.64. The van der Waals surface area contributed by atoms with Gasteiger partial charge in [-0.15, -0.1) is 0 Å². The lowest BCUT2D eigenvalue weighted by Crippen LogP contribution is -2.01. The summed E-state index contributed by atoms with van der Waals surface area (Å²) in [7, 11) is -3.96. The summed E-state index contributed by atoms with van der Waals surface area (Å²) >= 11 is 0. The fourth-order valence-corrected chi connectivity index (χ4v) is 1.66. The summed E-state index contributed by atoms with van der Waals surface area (Å²) in [4.78, 5) is 0. The maximum absolute atomic E-state index is 10.6. The van der Waals surface area contributed by atoms with Crippen LogP contribution < -0.4 is 4.74 Å². The van der Waals surface area contributed by atoms with Crippen molar-refractivity contribution in [2.24, 2.45) is 0 Å². The first-order valence-electron chi connectivity index (χ1n) is 4.29. The molecule has 0 bridgehead atoms. The van der Waals surface area contributed by atoms with Gasteiger partial charge in [-0.25, -0.2) is 0 Å².